The number of nitrogens with zero attached hydrogens (tertiary/aromatic N) is 2. The third-order valence-electron chi connectivity index (χ3n) is 3.17. The van der Waals surface area contributed by atoms with Gasteiger partial charge in [-0.05, 0) is 49.2 Å². The number of hydrogen-bond acceptors (Lipinski definition) is 4. The first-order valence-electron chi connectivity index (χ1n) is 6.58. The van der Waals surface area contributed by atoms with E-state index in [9.17, 15) is 0 Å². The van der Waals surface area contributed by atoms with Gasteiger partial charge in [0, 0.05) is 24.2 Å². The van der Waals surface area contributed by atoms with Crippen molar-refractivity contribution in [2.24, 2.45) is 0 Å². The summed E-state index contributed by atoms with van der Waals surface area (Å²) < 4.78 is 0. The van der Waals surface area contributed by atoms with Crippen LogP contribution in [0.15, 0.2) is 36.8 Å². The Bertz CT molecular complexity index is 505. The van der Waals surface area contributed by atoms with Gasteiger partial charge in [0.2, 0.25) is 0 Å². The van der Waals surface area contributed by atoms with Crippen LogP contribution in [0.3, 0.4) is 0 Å². The lowest BCUT2D eigenvalue weighted by Crippen LogP contribution is -2.25. The molecule has 0 fully saturated rings. The monoisotopic (exact) mass is 256 g/mol. The van der Waals surface area contributed by atoms with Gasteiger partial charge in [0.15, 0.2) is 0 Å². The van der Waals surface area contributed by atoms with Gasteiger partial charge in [-0.1, -0.05) is 6.92 Å². The Kier molecular flexibility index (Phi) is 4.47. The summed E-state index contributed by atoms with van der Waals surface area (Å²) in [6.45, 7) is 5.14. The van der Waals surface area contributed by atoms with Crippen molar-refractivity contribution >= 4 is 5.82 Å². The average molecular weight is 256 g/mol. The summed E-state index contributed by atoms with van der Waals surface area (Å²) in [6, 6.07) is 6.09. The van der Waals surface area contributed by atoms with Crippen molar-refractivity contribution in [2.45, 2.75) is 26.3 Å². The van der Waals surface area contributed by atoms with E-state index in [4.69, 9.17) is 5.73 Å². The number of nitrogens with two attached hydrogens (primary N) is 1. The Labute approximate surface area is 114 Å². The second kappa shape index (κ2) is 6.29. The van der Waals surface area contributed by atoms with Gasteiger partial charge >= 0.3 is 0 Å². The SMILES string of the molecule is CCCNC(c1ccncc1)c1c(C)ccnc1N. The van der Waals surface area contributed by atoms with E-state index in [1.165, 1.54) is 0 Å². The lowest BCUT2D eigenvalue weighted by Gasteiger charge is -2.22. The fourth-order valence-corrected chi connectivity index (χ4v) is 2.20. The zero-order chi connectivity index (χ0) is 13.7. The molecule has 1 atom stereocenters. The Morgan fingerprint density at radius 2 is 1.95 bits per heavy atom. The summed E-state index contributed by atoms with van der Waals surface area (Å²) in [5.74, 6) is 0.588. The van der Waals surface area contributed by atoms with Gasteiger partial charge in [-0.3, -0.25) is 4.98 Å². The minimum absolute atomic E-state index is 0.0663. The van der Waals surface area contributed by atoms with E-state index in [2.05, 4.69) is 29.1 Å². The number of aromatic nitrogens is 2. The van der Waals surface area contributed by atoms with E-state index in [0.29, 0.717) is 5.82 Å². The largest absolute Gasteiger partial charge is 0.383 e. The molecule has 0 aliphatic rings. The minimum atomic E-state index is 0.0663. The quantitative estimate of drug-likeness (QED) is 0.862. The molecule has 100 valence electrons. The zero-order valence-electron chi connectivity index (χ0n) is 11.4. The molecular weight excluding hydrogens is 236 g/mol. The maximum Gasteiger partial charge on any atom is 0.128 e. The molecule has 3 N–H and O–H groups in total. The van der Waals surface area contributed by atoms with Crippen molar-refractivity contribution in [3.8, 4) is 0 Å². The standard InChI is InChI=1S/C15H20N4/c1-3-7-18-14(12-5-8-17-9-6-12)13-11(2)4-10-19-15(13)16/h4-6,8-10,14,18H,3,7H2,1-2H3,(H2,16,19). The Morgan fingerprint density at radius 3 is 2.58 bits per heavy atom. The van der Waals surface area contributed by atoms with Crippen LogP contribution in [0.5, 0.6) is 0 Å². The fraction of sp³-hybridized carbons (Fsp3) is 0.333. The maximum absolute atomic E-state index is 6.06. The highest BCUT2D eigenvalue weighted by atomic mass is 14.9. The van der Waals surface area contributed by atoms with Gasteiger partial charge in [-0.2, -0.15) is 0 Å². The molecule has 0 spiro atoms. The molecule has 2 rings (SSSR count). The van der Waals surface area contributed by atoms with Crippen LogP contribution in [0.25, 0.3) is 0 Å². The normalized spacial score (nSPS) is 12.3. The van der Waals surface area contributed by atoms with E-state index in [1.807, 2.05) is 18.2 Å². The van der Waals surface area contributed by atoms with Crippen molar-refractivity contribution < 1.29 is 0 Å². The van der Waals surface area contributed by atoms with Gasteiger partial charge < -0.3 is 11.1 Å². The summed E-state index contributed by atoms with van der Waals surface area (Å²) in [5, 5.41) is 3.54. The van der Waals surface area contributed by atoms with Crippen molar-refractivity contribution in [1.82, 2.24) is 15.3 Å². The van der Waals surface area contributed by atoms with E-state index < -0.39 is 0 Å². The fourth-order valence-electron chi connectivity index (χ4n) is 2.20. The van der Waals surface area contributed by atoms with E-state index in [-0.39, 0.29) is 6.04 Å². The van der Waals surface area contributed by atoms with Crippen LogP contribution in [0.4, 0.5) is 5.82 Å². The van der Waals surface area contributed by atoms with Crippen LogP contribution in [0, 0.1) is 6.92 Å². The zero-order valence-corrected chi connectivity index (χ0v) is 11.4. The van der Waals surface area contributed by atoms with Gasteiger partial charge in [-0.25, -0.2) is 4.98 Å². The van der Waals surface area contributed by atoms with Crippen molar-refractivity contribution in [2.75, 3.05) is 12.3 Å². The number of rotatable bonds is 5. The molecule has 19 heavy (non-hydrogen) atoms. The number of nitrogen functional groups attached to an aromatic ring is 1. The first-order chi connectivity index (χ1) is 9.24. The number of anilines is 1. The molecule has 0 aliphatic carbocycles. The summed E-state index contributed by atoms with van der Waals surface area (Å²) in [5.41, 5.74) is 9.43. The topological polar surface area (TPSA) is 63.8 Å². The number of pyridine rings is 2. The lowest BCUT2D eigenvalue weighted by molar-refractivity contribution is 0.596. The summed E-state index contributed by atoms with van der Waals surface area (Å²) in [4.78, 5) is 8.29. The second-order valence-electron chi connectivity index (χ2n) is 4.59. The molecule has 0 aromatic carbocycles. The molecule has 0 saturated heterocycles. The third-order valence-corrected chi connectivity index (χ3v) is 3.17. The van der Waals surface area contributed by atoms with Gasteiger partial charge in [0.25, 0.3) is 0 Å². The molecule has 0 aliphatic heterocycles. The highest BCUT2D eigenvalue weighted by Gasteiger charge is 2.18. The predicted molar refractivity (Wildman–Crippen MR) is 77.8 cm³/mol. The first kappa shape index (κ1) is 13.5. The molecule has 0 bridgehead atoms. The van der Waals surface area contributed by atoms with Gasteiger partial charge in [0.1, 0.15) is 5.82 Å². The van der Waals surface area contributed by atoms with Crippen molar-refractivity contribution in [3.05, 3.63) is 53.5 Å². The minimum Gasteiger partial charge on any atom is -0.383 e. The molecule has 2 aromatic heterocycles. The van der Waals surface area contributed by atoms with Crippen LogP contribution < -0.4 is 11.1 Å². The highest BCUT2D eigenvalue weighted by molar-refractivity contribution is 5.49. The molecule has 0 radical (unpaired) electrons. The van der Waals surface area contributed by atoms with Crippen LogP contribution >= 0.6 is 0 Å². The third kappa shape index (κ3) is 3.09. The number of nitrogens with one attached hydrogen (secondary N) is 1. The average Bonchev–Trinajstić information content (AvgIpc) is 2.43. The van der Waals surface area contributed by atoms with E-state index >= 15 is 0 Å². The molecule has 1 unspecified atom stereocenters. The second-order valence-corrected chi connectivity index (χ2v) is 4.59. The Morgan fingerprint density at radius 1 is 1.21 bits per heavy atom. The van der Waals surface area contributed by atoms with Crippen LogP contribution in [0.2, 0.25) is 0 Å². The van der Waals surface area contributed by atoms with E-state index in [0.717, 1.165) is 29.7 Å². The molecule has 4 heteroatoms. The summed E-state index contributed by atoms with van der Waals surface area (Å²) in [6.07, 6.45) is 6.42. The summed E-state index contributed by atoms with van der Waals surface area (Å²) >= 11 is 0. The van der Waals surface area contributed by atoms with Crippen molar-refractivity contribution in [1.29, 1.82) is 0 Å². The highest BCUT2D eigenvalue weighted by Crippen LogP contribution is 2.28. The molecule has 0 saturated carbocycles. The maximum atomic E-state index is 6.06. The summed E-state index contributed by atoms with van der Waals surface area (Å²) in [7, 11) is 0. The molecule has 4 nitrogen and oxygen atoms in total. The molecule has 0 amide bonds. The molecular formula is C15H20N4. The Balaban J connectivity index is 2.43. The molecule has 2 heterocycles. The number of hydrogen-bond donors (Lipinski definition) is 2. The Hall–Kier alpha value is -1.94. The lowest BCUT2D eigenvalue weighted by atomic mass is 9.96. The predicted octanol–water partition coefficient (Wildman–Crippen LogP) is 2.46. The van der Waals surface area contributed by atoms with E-state index in [1.54, 1.807) is 18.6 Å². The van der Waals surface area contributed by atoms with Crippen molar-refractivity contribution in [3.63, 3.8) is 0 Å². The first-order valence-corrected chi connectivity index (χ1v) is 6.58. The molecule has 2 aromatic rings. The van der Waals surface area contributed by atoms with Crippen LogP contribution in [0.1, 0.15) is 36.1 Å². The van der Waals surface area contributed by atoms with Gasteiger partial charge in [0.05, 0.1) is 6.04 Å². The van der Waals surface area contributed by atoms with Gasteiger partial charge in [-0.15, -0.1) is 0 Å². The number of aryl methyl sites for hydroxylation is 1. The van der Waals surface area contributed by atoms with Crippen LogP contribution in [-0.4, -0.2) is 16.5 Å². The smallest absolute Gasteiger partial charge is 0.128 e. The van der Waals surface area contributed by atoms with Crippen LogP contribution in [-0.2, 0) is 0 Å².